The van der Waals surface area contributed by atoms with E-state index in [4.69, 9.17) is 5.73 Å². The van der Waals surface area contributed by atoms with Gasteiger partial charge in [0, 0.05) is 24.5 Å². The Balaban J connectivity index is 0.00000288. The number of carbonyl (C=O) groups is 1. The number of nitrogens with two attached hydrogens (primary N) is 1. The summed E-state index contributed by atoms with van der Waals surface area (Å²) in [4.78, 5) is 12.7. The minimum Gasteiger partial charge on any atom is -0.355 e. The van der Waals surface area contributed by atoms with E-state index in [1.54, 1.807) is 16.4 Å². The standard InChI is InChI=1S/C15H25N3O3S2.ClH/c1-12(10-16)11-17-14(19)9-13-5-6-15(22-13)23(20,21)18-7-3-2-4-8-18;/h5-6,12H,2-4,7-11,16H2,1H3,(H,17,19);1H. The number of carbonyl (C=O) groups excluding carboxylic acids is 1. The quantitative estimate of drug-likeness (QED) is 0.733. The van der Waals surface area contributed by atoms with Crippen LogP contribution in [0.25, 0.3) is 0 Å². The maximum atomic E-state index is 12.6. The first-order valence-corrected chi connectivity index (χ1v) is 10.2. The zero-order valence-corrected chi connectivity index (χ0v) is 16.3. The maximum Gasteiger partial charge on any atom is 0.252 e. The van der Waals surface area contributed by atoms with Crippen LogP contribution in [0.3, 0.4) is 0 Å². The van der Waals surface area contributed by atoms with Gasteiger partial charge in [-0.3, -0.25) is 4.79 Å². The average Bonchev–Trinajstić information content (AvgIpc) is 3.02. The van der Waals surface area contributed by atoms with Crippen LogP contribution in [-0.4, -0.2) is 44.8 Å². The van der Waals surface area contributed by atoms with E-state index in [1.165, 1.54) is 11.3 Å². The summed E-state index contributed by atoms with van der Waals surface area (Å²) in [7, 11) is -3.40. The SMILES string of the molecule is CC(CN)CNC(=O)Cc1ccc(S(=O)(=O)N2CCCCC2)s1.Cl. The molecule has 138 valence electrons. The van der Waals surface area contributed by atoms with Gasteiger partial charge in [-0.25, -0.2) is 8.42 Å². The monoisotopic (exact) mass is 395 g/mol. The predicted octanol–water partition coefficient (Wildman–Crippen LogP) is 1.60. The molecule has 0 bridgehead atoms. The van der Waals surface area contributed by atoms with Gasteiger partial charge in [0.2, 0.25) is 5.91 Å². The third kappa shape index (κ3) is 5.70. The fourth-order valence-corrected chi connectivity index (χ4v) is 5.44. The van der Waals surface area contributed by atoms with Gasteiger partial charge < -0.3 is 11.1 Å². The molecule has 1 saturated heterocycles. The van der Waals surface area contributed by atoms with Crippen molar-refractivity contribution in [2.45, 2.75) is 36.8 Å². The smallest absolute Gasteiger partial charge is 0.252 e. The molecule has 1 atom stereocenters. The Labute approximate surface area is 154 Å². The number of sulfonamides is 1. The highest BCUT2D eigenvalue weighted by atomic mass is 35.5. The van der Waals surface area contributed by atoms with Crippen LogP contribution in [0.2, 0.25) is 0 Å². The van der Waals surface area contributed by atoms with Crippen molar-refractivity contribution in [3.8, 4) is 0 Å². The Bertz CT molecular complexity index is 628. The van der Waals surface area contributed by atoms with Crippen molar-refractivity contribution in [3.05, 3.63) is 17.0 Å². The molecule has 1 aliphatic heterocycles. The number of nitrogens with one attached hydrogen (secondary N) is 1. The summed E-state index contributed by atoms with van der Waals surface area (Å²) in [5.41, 5.74) is 5.51. The molecule has 9 heteroatoms. The van der Waals surface area contributed by atoms with Crippen molar-refractivity contribution in [1.29, 1.82) is 0 Å². The summed E-state index contributed by atoms with van der Waals surface area (Å²) in [6, 6.07) is 3.34. The van der Waals surface area contributed by atoms with Gasteiger partial charge in [0.05, 0.1) is 6.42 Å². The molecule has 0 aliphatic carbocycles. The molecule has 2 rings (SSSR count). The molecule has 0 spiro atoms. The Kier molecular flexibility index (Phi) is 8.66. The molecule has 3 N–H and O–H groups in total. The van der Waals surface area contributed by atoms with Crippen LogP contribution in [0.1, 0.15) is 31.1 Å². The minimum absolute atomic E-state index is 0. The topological polar surface area (TPSA) is 92.5 Å². The van der Waals surface area contributed by atoms with Gasteiger partial charge in [0.1, 0.15) is 4.21 Å². The Morgan fingerprint density at radius 1 is 1.33 bits per heavy atom. The van der Waals surface area contributed by atoms with Crippen molar-refractivity contribution in [3.63, 3.8) is 0 Å². The van der Waals surface area contributed by atoms with Crippen molar-refractivity contribution < 1.29 is 13.2 Å². The van der Waals surface area contributed by atoms with E-state index in [9.17, 15) is 13.2 Å². The number of hydrogen-bond acceptors (Lipinski definition) is 5. The second kappa shape index (κ2) is 9.72. The third-order valence-corrected chi connectivity index (χ3v) is 7.38. The van der Waals surface area contributed by atoms with Crippen LogP contribution in [-0.2, 0) is 21.2 Å². The van der Waals surface area contributed by atoms with Crippen molar-refractivity contribution in [2.24, 2.45) is 11.7 Å². The molecule has 2 heterocycles. The summed E-state index contributed by atoms with van der Waals surface area (Å²) >= 11 is 1.19. The summed E-state index contributed by atoms with van der Waals surface area (Å²) in [6.07, 6.45) is 3.12. The van der Waals surface area contributed by atoms with E-state index in [-0.39, 0.29) is 30.7 Å². The Morgan fingerprint density at radius 2 is 2.00 bits per heavy atom. The van der Waals surface area contributed by atoms with E-state index < -0.39 is 10.0 Å². The van der Waals surface area contributed by atoms with Crippen LogP contribution >= 0.6 is 23.7 Å². The molecule has 1 amide bonds. The average molecular weight is 396 g/mol. The summed E-state index contributed by atoms with van der Waals surface area (Å²) < 4.78 is 27.0. The van der Waals surface area contributed by atoms with Crippen molar-refractivity contribution in [2.75, 3.05) is 26.2 Å². The Hall–Kier alpha value is -0.670. The van der Waals surface area contributed by atoms with E-state index >= 15 is 0 Å². The second-order valence-electron chi connectivity index (χ2n) is 6.01. The second-order valence-corrected chi connectivity index (χ2v) is 9.34. The van der Waals surface area contributed by atoms with Crippen LogP contribution in [0.15, 0.2) is 16.3 Å². The first-order valence-electron chi connectivity index (χ1n) is 7.99. The molecular formula is C15H26ClN3O3S2. The summed E-state index contributed by atoms with van der Waals surface area (Å²) in [5.74, 6) is 0.131. The summed E-state index contributed by atoms with van der Waals surface area (Å²) in [5, 5.41) is 2.82. The van der Waals surface area contributed by atoms with Gasteiger partial charge in [-0.05, 0) is 37.4 Å². The van der Waals surface area contributed by atoms with Gasteiger partial charge in [-0.1, -0.05) is 13.3 Å². The zero-order chi connectivity index (χ0) is 16.9. The first-order chi connectivity index (χ1) is 10.9. The highest BCUT2D eigenvalue weighted by Crippen LogP contribution is 2.27. The normalized spacial score (nSPS) is 17.1. The van der Waals surface area contributed by atoms with E-state index in [1.807, 2.05) is 6.92 Å². The lowest BCUT2D eigenvalue weighted by molar-refractivity contribution is -0.120. The number of hydrogen-bond donors (Lipinski definition) is 2. The number of rotatable bonds is 7. The molecule has 1 aliphatic rings. The van der Waals surface area contributed by atoms with Gasteiger partial charge in [-0.15, -0.1) is 23.7 Å². The molecule has 1 aromatic heterocycles. The van der Waals surface area contributed by atoms with E-state index in [0.717, 1.165) is 24.1 Å². The van der Waals surface area contributed by atoms with Crippen molar-refractivity contribution in [1.82, 2.24) is 9.62 Å². The molecule has 0 radical (unpaired) electrons. The molecule has 24 heavy (non-hydrogen) atoms. The van der Waals surface area contributed by atoms with Gasteiger partial charge >= 0.3 is 0 Å². The number of nitrogens with zero attached hydrogens (tertiary/aromatic N) is 1. The van der Waals surface area contributed by atoms with E-state index in [0.29, 0.717) is 30.4 Å². The number of halogens is 1. The highest BCUT2D eigenvalue weighted by Gasteiger charge is 2.27. The fraction of sp³-hybridized carbons (Fsp3) is 0.667. The van der Waals surface area contributed by atoms with Gasteiger partial charge in [0.15, 0.2) is 0 Å². The molecule has 6 nitrogen and oxygen atoms in total. The summed E-state index contributed by atoms with van der Waals surface area (Å²) in [6.45, 7) is 4.21. The van der Waals surface area contributed by atoms with Gasteiger partial charge in [0.25, 0.3) is 10.0 Å². The van der Waals surface area contributed by atoms with Crippen LogP contribution in [0, 0.1) is 5.92 Å². The molecule has 1 unspecified atom stereocenters. The van der Waals surface area contributed by atoms with Crippen molar-refractivity contribution >= 4 is 39.7 Å². The lowest BCUT2D eigenvalue weighted by Gasteiger charge is -2.25. The lowest BCUT2D eigenvalue weighted by Crippen LogP contribution is -2.35. The maximum absolute atomic E-state index is 12.6. The van der Waals surface area contributed by atoms with Crippen LogP contribution in [0.5, 0.6) is 0 Å². The van der Waals surface area contributed by atoms with Gasteiger partial charge in [-0.2, -0.15) is 4.31 Å². The first kappa shape index (κ1) is 21.4. The lowest BCUT2D eigenvalue weighted by atomic mass is 10.2. The molecular weight excluding hydrogens is 370 g/mol. The van der Waals surface area contributed by atoms with E-state index in [2.05, 4.69) is 5.32 Å². The number of piperidine rings is 1. The highest BCUT2D eigenvalue weighted by molar-refractivity contribution is 7.91. The predicted molar refractivity (Wildman–Crippen MR) is 99.1 cm³/mol. The minimum atomic E-state index is -3.40. The molecule has 0 aromatic carbocycles. The fourth-order valence-electron chi connectivity index (χ4n) is 2.42. The number of amides is 1. The molecule has 0 saturated carbocycles. The Morgan fingerprint density at radius 3 is 2.62 bits per heavy atom. The van der Waals surface area contributed by atoms with Crippen LogP contribution < -0.4 is 11.1 Å². The zero-order valence-electron chi connectivity index (χ0n) is 13.9. The molecule has 1 aromatic rings. The third-order valence-electron chi connectivity index (χ3n) is 3.93. The molecule has 1 fully saturated rings. The number of thiophene rings is 1. The largest absolute Gasteiger partial charge is 0.355 e. The van der Waals surface area contributed by atoms with Crippen LogP contribution in [0.4, 0.5) is 0 Å².